The first-order valence-electron chi connectivity index (χ1n) is 8.89. The van der Waals surface area contributed by atoms with Crippen molar-refractivity contribution in [3.05, 3.63) is 101 Å². The molecule has 0 spiro atoms. The summed E-state index contributed by atoms with van der Waals surface area (Å²) < 4.78 is 13.3. The number of halogens is 1. The van der Waals surface area contributed by atoms with Gasteiger partial charge in [0.15, 0.2) is 0 Å². The van der Waals surface area contributed by atoms with E-state index in [1.165, 1.54) is 29.2 Å². The van der Waals surface area contributed by atoms with Crippen LogP contribution in [0, 0.1) is 5.82 Å². The summed E-state index contributed by atoms with van der Waals surface area (Å²) >= 11 is 0. The molecule has 6 nitrogen and oxygen atoms in total. The molecule has 0 radical (unpaired) electrons. The van der Waals surface area contributed by atoms with Crippen molar-refractivity contribution >= 4 is 17.4 Å². The van der Waals surface area contributed by atoms with E-state index in [0.717, 1.165) is 5.56 Å². The summed E-state index contributed by atoms with van der Waals surface area (Å²) in [6, 6.07) is 11.2. The first kappa shape index (κ1) is 18.5. The Morgan fingerprint density at radius 3 is 2.38 bits per heavy atom. The maximum atomic E-state index is 13.3. The molecule has 4 rings (SSSR count). The molecular weight excluding hydrogens is 373 g/mol. The van der Waals surface area contributed by atoms with Gasteiger partial charge < -0.3 is 10.0 Å². The lowest BCUT2D eigenvalue weighted by molar-refractivity contribution is -0.140. The molecule has 1 fully saturated rings. The summed E-state index contributed by atoms with van der Waals surface area (Å²) in [5.41, 5.74) is 1.59. The Morgan fingerprint density at radius 2 is 1.72 bits per heavy atom. The third-order valence-electron chi connectivity index (χ3n) is 4.76. The molecule has 144 valence electrons. The predicted molar refractivity (Wildman–Crippen MR) is 103 cm³/mol. The highest BCUT2D eigenvalue weighted by molar-refractivity contribution is 6.46. The number of rotatable bonds is 4. The summed E-state index contributed by atoms with van der Waals surface area (Å²) in [4.78, 5) is 35.1. The van der Waals surface area contributed by atoms with E-state index in [4.69, 9.17) is 0 Å². The summed E-state index contributed by atoms with van der Waals surface area (Å²) in [5.74, 6) is -2.33. The zero-order chi connectivity index (χ0) is 20.4. The Labute approximate surface area is 166 Å². The molecule has 0 bridgehead atoms. The monoisotopic (exact) mass is 389 g/mol. The topological polar surface area (TPSA) is 83.4 Å². The van der Waals surface area contributed by atoms with E-state index in [1.54, 1.807) is 49.1 Å². The molecule has 1 amide bonds. The van der Waals surface area contributed by atoms with Gasteiger partial charge in [0.05, 0.1) is 11.6 Å². The van der Waals surface area contributed by atoms with Gasteiger partial charge in [-0.25, -0.2) is 4.39 Å². The van der Waals surface area contributed by atoms with Gasteiger partial charge in [0.1, 0.15) is 11.6 Å². The number of benzene rings is 1. The second kappa shape index (κ2) is 7.63. The number of Topliss-reactive ketones (excluding diaryl/α,β-unsaturated/α-hetero) is 1. The summed E-state index contributed by atoms with van der Waals surface area (Å²) in [5, 5.41) is 10.8. The van der Waals surface area contributed by atoms with Crippen molar-refractivity contribution in [2.24, 2.45) is 0 Å². The Kier molecular flexibility index (Phi) is 4.87. The van der Waals surface area contributed by atoms with E-state index >= 15 is 0 Å². The van der Waals surface area contributed by atoms with Gasteiger partial charge in [0.25, 0.3) is 11.7 Å². The number of aromatic nitrogens is 2. The zero-order valence-electron chi connectivity index (χ0n) is 15.2. The summed E-state index contributed by atoms with van der Waals surface area (Å²) in [7, 11) is 0. The first-order chi connectivity index (χ1) is 14.1. The largest absolute Gasteiger partial charge is 0.507 e. The smallest absolute Gasteiger partial charge is 0.295 e. The lowest BCUT2D eigenvalue weighted by atomic mass is 9.96. The third kappa shape index (κ3) is 3.50. The minimum absolute atomic E-state index is 0.0447. The van der Waals surface area contributed by atoms with Crippen molar-refractivity contribution in [2.75, 3.05) is 0 Å². The Balaban J connectivity index is 1.85. The lowest BCUT2D eigenvalue weighted by Gasteiger charge is -2.25. The average Bonchev–Trinajstić information content (AvgIpc) is 3.00. The maximum absolute atomic E-state index is 13.3. The molecule has 0 saturated carbocycles. The van der Waals surface area contributed by atoms with Gasteiger partial charge >= 0.3 is 0 Å². The zero-order valence-corrected chi connectivity index (χ0v) is 15.2. The molecule has 1 aliphatic heterocycles. The van der Waals surface area contributed by atoms with Gasteiger partial charge in [-0.1, -0.05) is 6.07 Å². The van der Waals surface area contributed by atoms with Crippen molar-refractivity contribution in [1.29, 1.82) is 0 Å². The lowest BCUT2D eigenvalue weighted by Crippen LogP contribution is -2.29. The van der Waals surface area contributed by atoms with Crippen LogP contribution in [-0.4, -0.2) is 31.7 Å². The number of ketones is 1. The van der Waals surface area contributed by atoms with Crippen molar-refractivity contribution in [3.63, 3.8) is 0 Å². The number of carbonyl (C=O) groups excluding carboxylic acids is 2. The van der Waals surface area contributed by atoms with Crippen LogP contribution >= 0.6 is 0 Å². The van der Waals surface area contributed by atoms with Gasteiger partial charge in [0.2, 0.25) is 0 Å². The molecule has 1 saturated heterocycles. The Morgan fingerprint density at radius 1 is 1.00 bits per heavy atom. The van der Waals surface area contributed by atoms with Crippen molar-refractivity contribution in [1.82, 2.24) is 14.9 Å². The minimum Gasteiger partial charge on any atom is -0.507 e. The SMILES string of the molecule is O=C1C(=O)N(Cc2cccnc2)C(c2ccncc2)/C1=C(\O)c1ccc(F)cc1. The van der Waals surface area contributed by atoms with Crippen LogP contribution in [0.4, 0.5) is 4.39 Å². The number of pyridine rings is 2. The molecule has 1 aromatic carbocycles. The highest BCUT2D eigenvalue weighted by atomic mass is 19.1. The predicted octanol–water partition coefficient (Wildman–Crippen LogP) is 3.24. The number of aliphatic hydroxyl groups excluding tert-OH is 1. The number of carbonyl (C=O) groups is 2. The van der Waals surface area contributed by atoms with Gasteiger partial charge in [0, 0.05) is 36.9 Å². The maximum Gasteiger partial charge on any atom is 0.295 e. The second-order valence-corrected chi connectivity index (χ2v) is 6.58. The molecule has 1 aliphatic rings. The van der Waals surface area contributed by atoms with Gasteiger partial charge in [-0.15, -0.1) is 0 Å². The number of aliphatic hydroxyl groups is 1. The normalized spacial score (nSPS) is 18.2. The van der Waals surface area contributed by atoms with Crippen LogP contribution in [0.1, 0.15) is 22.7 Å². The quantitative estimate of drug-likeness (QED) is 0.421. The van der Waals surface area contributed by atoms with Crippen LogP contribution in [0.25, 0.3) is 5.76 Å². The minimum atomic E-state index is -0.803. The number of hydrogen-bond acceptors (Lipinski definition) is 5. The van der Waals surface area contributed by atoms with E-state index in [0.29, 0.717) is 5.56 Å². The molecule has 0 aliphatic carbocycles. The number of nitrogens with zero attached hydrogens (tertiary/aromatic N) is 3. The van der Waals surface area contributed by atoms with E-state index < -0.39 is 23.5 Å². The number of amides is 1. The molecule has 29 heavy (non-hydrogen) atoms. The van der Waals surface area contributed by atoms with Crippen molar-refractivity contribution in [3.8, 4) is 0 Å². The fraction of sp³-hybridized carbons (Fsp3) is 0.0909. The van der Waals surface area contributed by atoms with Crippen LogP contribution < -0.4 is 0 Å². The van der Waals surface area contributed by atoms with E-state index in [-0.39, 0.29) is 23.4 Å². The number of likely N-dealkylation sites (tertiary alicyclic amines) is 1. The molecular formula is C22H16FN3O3. The van der Waals surface area contributed by atoms with E-state index in [1.807, 2.05) is 0 Å². The van der Waals surface area contributed by atoms with Crippen LogP contribution in [0.15, 0.2) is 78.9 Å². The van der Waals surface area contributed by atoms with Crippen LogP contribution in [0.2, 0.25) is 0 Å². The third-order valence-corrected chi connectivity index (χ3v) is 4.76. The van der Waals surface area contributed by atoms with E-state index in [9.17, 15) is 19.1 Å². The van der Waals surface area contributed by atoms with Crippen molar-refractivity contribution < 1.29 is 19.1 Å². The van der Waals surface area contributed by atoms with Crippen LogP contribution in [0.5, 0.6) is 0 Å². The number of hydrogen-bond donors (Lipinski definition) is 1. The Hall–Kier alpha value is -3.87. The second-order valence-electron chi connectivity index (χ2n) is 6.58. The van der Waals surface area contributed by atoms with Gasteiger partial charge in [-0.2, -0.15) is 0 Å². The Bertz CT molecular complexity index is 1080. The summed E-state index contributed by atoms with van der Waals surface area (Å²) in [6.45, 7) is 0.144. The molecule has 3 aromatic rings. The summed E-state index contributed by atoms with van der Waals surface area (Å²) in [6.07, 6.45) is 6.34. The standard InChI is InChI=1S/C22H16FN3O3/c23-17-5-3-16(4-6-17)20(27)18-19(15-7-10-24-11-8-15)26(22(29)21(18)28)13-14-2-1-9-25-12-14/h1-12,19,27H,13H2/b20-18+. The highest BCUT2D eigenvalue weighted by Crippen LogP contribution is 2.39. The van der Waals surface area contributed by atoms with E-state index in [2.05, 4.69) is 9.97 Å². The van der Waals surface area contributed by atoms with Gasteiger partial charge in [-0.05, 0) is 53.6 Å². The fourth-order valence-electron chi connectivity index (χ4n) is 3.39. The van der Waals surface area contributed by atoms with Gasteiger partial charge in [-0.3, -0.25) is 19.6 Å². The molecule has 3 heterocycles. The molecule has 2 aromatic heterocycles. The van der Waals surface area contributed by atoms with Crippen molar-refractivity contribution in [2.45, 2.75) is 12.6 Å². The molecule has 7 heteroatoms. The molecule has 1 unspecified atom stereocenters. The first-order valence-corrected chi connectivity index (χ1v) is 8.89. The van der Waals surface area contributed by atoms with Crippen LogP contribution in [0.3, 0.4) is 0 Å². The molecule has 1 N–H and O–H groups in total. The fourth-order valence-corrected chi connectivity index (χ4v) is 3.39. The van der Waals surface area contributed by atoms with Crippen LogP contribution in [-0.2, 0) is 16.1 Å². The molecule has 1 atom stereocenters. The highest BCUT2D eigenvalue weighted by Gasteiger charge is 2.46. The average molecular weight is 389 g/mol.